The summed E-state index contributed by atoms with van der Waals surface area (Å²) in [5, 5.41) is 6.66. The molecule has 0 amide bonds. The van der Waals surface area contributed by atoms with Crippen molar-refractivity contribution in [2.45, 2.75) is 6.92 Å². The van der Waals surface area contributed by atoms with Gasteiger partial charge in [0.05, 0.1) is 24.2 Å². The summed E-state index contributed by atoms with van der Waals surface area (Å²) in [4.78, 5) is 5.48. The Morgan fingerprint density at radius 2 is 1.47 bits per heavy atom. The molecular weight excluding hydrogens is 469 g/mol. The van der Waals surface area contributed by atoms with Crippen LogP contribution < -0.4 is 9.54 Å². The van der Waals surface area contributed by atoms with Gasteiger partial charge < -0.3 is 4.74 Å². The molecule has 1 aromatic heterocycles. The van der Waals surface area contributed by atoms with Crippen LogP contribution in [0.15, 0.2) is 119 Å². The first-order valence-electron chi connectivity index (χ1n) is 11.6. The van der Waals surface area contributed by atoms with Crippen molar-refractivity contribution in [1.29, 1.82) is 0 Å². The highest BCUT2D eigenvalue weighted by Gasteiger charge is 2.09. The van der Waals surface area contributed by atoms with Crippen LogP contribution in [0.3, 0.4) is 0 Å². The van der Waals surface area contributed by atoms with E-state index in [0.29, 0.717) is 17.0 Å². The Labute approximate surface area is 213 Å². The minimum Gasteiger partial charge on any atom is -0.494 e. The zero-order chi connectivity index (χ0) is 24.7. The molecule has 0 atom stereocenters. The van der Waals surface area contributed by atoms with E-state index in [4.69, 9.17) is 9.73 Å². The third-order valence-corrected chi connectivity index (χ3v) is 6.38. The van der Waals surface area contributed by atoms with Crippen molar-refractivity contribution in [2.24, 2.45) is 10.1 Å². The Morgan fingerprint density at radius 3 is 2.19 bits per heavy atom. The third kappa shape index (κ3) is 5.34. The van der Waals surface area contributed by atoms with Crippen molar-refractivity contribution >= 4 is 23.2 Å². The van der Waals surface area contributed by atoms with Crippen LogP contribution in [-0.4, -0.2) is 17.5 Å². The fourth-order valence-electron chi connectivity index (χ4n) is 3.74. The Balaban J connectivity index is 1.56. The van der Waals surface area contributed by atoms with Crippen LogP contribution in [0.4, 0.5) is 10.1 Å². The summed E-state index contributed by atoms with van der Waals surface area (Å²) < 4.78 is 21.6. The normalized spacial score (nSPS) is 11.8. The topological polar surface area (TPSA) is 38.9 Å². The quantitative estimate of drug-likeness (QED) is 0.216. The molecule has 0 saturated carbocycles. The molecule has 0 fully saturated rings. The summed E-state index contributed by atoms with van der Waals surface area (Å²) in [5.74, 6) is 0.475. The molecule has 178 valence electrons. The van der Waals surface area contributed by atoms with Crippen LogP contribution in [-0.2, 0) is 0 Å². The molecule has 0 bridgehead atoms. The van der Waals surface area contributed by atoms with E-state index in [1.165, 1.54) is 23.6 Å². The average molecular weight is 494 g/mol. The van der Waals surface area contributed by atoms with Gasteiger partial charge in [0.25, 0.3) is 0 Å². The molecule has 6 heteroatoms. The number of halogens is 1. The SMILES string of the molecule is CCOc1ccc(N=c2scc(-c3ccc(-c4ccccc4)cc3)n2/N=C/c2ccccc2F)cc1. The lowest BCUT2D eigenvalue weighted by Crippen LogP contribution is -2.11. The smallest absolute Gasteiger partial charge is 0.211 e. The van der Waals surface area contributed by atoms with E-state index in [-0.39, 0.29) is 5.82 Å². The summed E-state index contributed by atoms with van der Waals surface area (Å²) in [7, 11) is 0. The molecule has 36 heavy (non-hydrogen) atoms. The number of benzene rings is 4. The van der Waals surface area contributed by atoms with E-state index in [9.17, 15) is 4.39 Å². The van der Waals surface area contributed by atoms with E-state index >= 15 is 0 Å². The van der Waals surface area contributed by atoms with Crippen molar-refractivity contribution in [3.05, 3.63) is 125 Å². The minimum atomic E-state index is -0.323. The highest BCUT2D eigenvalue weighted by Crippen LogP contribution is 2.26. The van der Waals surface area contributed by atoms with Crippen LogP contribution in [0, 0.1) is 5.82 Å². The Hall–Kier alpha value is -4.29. The molecule has 0 saturated heterocycles. The lowest BCUT2D eigenvalue weighted by molar-refractivity contribution is 0.340. The Bertz CT molecular complexity index is 1540. The summed E-state index contributed by atoms with van der Waals surface area (Å²) in [5.41, 5.74) is 5.35. The van der Waals surface area contributed by atoms with Gasteiger partial charge in [0.15, 0.2) is 0 Å². The largest absolute Gasteiger partial charge is 0.494 e. The number of hydrogen-bond donors (Lipinski definition) is 0. The summed E-state index contributed by atoms with van der Waals surface area (Å²) in [6.45, 7) is 2.56. The van der Waals surface area contributed by atoms with Gasteiger partial charge in [-0.25, -0.2) is 14.1 Å². The van der Waals surface area contributed by atoms with E-state index in [2.05, 4.69) is 41.5 Å². The van der Waals surface area contributed by atoms with Crippen molar-refractivity contribution in [1.82, 2.24) is 4.68 Å². The number of thiazole rings is 1. The molecule has 0 aliphatic rings. The minimum absolute atomic E-state index is 0.323. The number of rotatable bonds is 7. The van der Waals surface area contributed by atoms with Crippen molar-refractivity contribution in [3.63, 3.8) is 0 Å². The van der Waals surface area contributed by atoms with Crippen molar-refractivity contribution in [2.75, 3.05) is 6.61 Å². The zero-order valence-electron chi connectivity index (χ0n) is 19.7. The van der Waals surface area contributed by atoms with E-state index < -0.39 is 0 Å². The molecule has 0 aliphatic carbocycles. The second kappa shape index (κ2) is 11.0. The van der Waals surface area contributed by atoms with Gasteiger partial charge in [-0.05, 0) is 48.4 Å². The lowest BCUT2D eigenvalue weighted by atomic mass is 10.0. The van der Waals surface area contributed by atoms with E-state index in [1.807, 2.05) is 54.8 Å². The van der Waals surface area contributed by atoms with E-state index in [1.54, 1.807) is 22.9 Å². The fraction of sp³-hybridized carbons (Fsp3) is 0.0667. The Kier molecular flexibility index (Phi) is 7.15. The molecule has 4 nitrogen and oxygen atoms in total. The van der Waals surface area contributed by atoms with Gasteiger partial charge in [-0.2, -0.15) is 5.10 Å². The first-order chi connectivity index (χ1) is 17.7. The predicted octanol–water partition coefficient (Wildman–Crippen LogP) is 7.54. The molecule has 5 rings (SSSR count). The van der Waals surface area contributed by atoms with Crippen molar-refractivity contribution < 1.29 is 9.13 Å². The maximum Gasteiger partial charge on any atom is 0.211 e. The van der Waals surface area contributed by atoms with Crippen LogP contribution in [0.2, 0.25) is 0 Å². The van der Waals surface area contributed by atoms with Crippen molar-refractivity contribution in [3.8, 4) is 28.1 Å². The summed E-state index contributed by atoms with van der Waals surface area (Å²) >= 11 is 1.48. The number of nitrogens with zero attached hydrogens (tertiary/aromatic N) is 3. The predicted molar refractivity (Wildman–Crippen MR) is 145 cm³/mol. The first kappa shape index (κ1) is 23.5. The second-order valence-electron chi connectivity index (χ2n) is 7.96. The van der Waals surface area contributed by atoms with Gasteiger partial charge in [-0.15, -0.1) is 11.3 Å². The van der Waals surface area contributed by atoms with Gasteiger partial charge in [-0.1, -0.05) is 72.8 Å². The lowest BCUT2D eigenvalue weighted by Gasteiger charge is -2.06. The molecule has 4 aromatic carbocycles. The Morgan fingerprint density at radius 1 is 0.806 bits per heavy atom. The van der Waals surface area contributed by atoms with Gasteiger partial charge in [0.2, 0.25) is 4.80 Å². The van der Waals surface area contributed by atoms with Crippen LogP contribution >= 0.6 is 11.3 Å². The molecule has 0 unspecified atom stereocenters. The summed E-state index contributed by atoms with van der Waals surface area (Å²) in [6.07, 6.45) is 1.53. The van der Waals surface area contributed by atoms with E-state index in [0.717, 1.165) is 33.8 Å². The highest BCUT2D eigenvalue weighted by atomic mass is 32.1. The number of hydrogen-bond acceptors (Lipinski definition) is 4. The number of aromatic nitrogens is 1. The molecule has 0 aliphatic heterocycles. The van der Waals surface area contributed by atoms with Gasteiger partial charge in [0.1, 0.15) is 11.6 Å². The van der Waals surface area contributed by atoms with Crippen LogP contribution in [0.25, 0.3) is 22.4 Å². The molecule has 0 N–H and O–H groups in total. The molecule has 1 heterocycles. The summed E-state index contributed by atoms with van der Waals surface area (Å²) in [6, 6.07) is 32.8. The monoisotopic (exact) mass is 493 g/mol. The van der Waals surface area contributed by atoms with Crippen LogP contribution in [0.1, 0.15) is 12.5 Å². The second-order valence-corrected chi connectivity index (χ2v) is 8.80. The first-order valence-corrected chi connectivity index (χ1v) is 12.5. The maximum absolute atomic E-state index is 14.3. The zero-order valence-corrected chi connectivity index (χ0v) is 20.5. The third-order valence-electron chi connectivity index (χ3n) is 5.56. The van der Waals surface area contributed by atoms with Crippen LogP contribution in [0.5, 0.6) is 5.75 Å². The molecular formula is C30H24FN3OS. The standard InChI is InChI=1S/C30H24FN3OS/c1-2-35-27-18-16-26(17-19-27)33-30-34(32-20-25-10-6-7-11-28(25)31)29(21-36-30)24-14-12-23(13-15-24)22-8-4-3-5-9-22/h3-21H,2H2,1H3/b32-20+,33-30?. The molecule has 0 radical (unpaired) electrons. The maximum atomic E-state index is 14.3. The fourth-order valence-corrected chi connectivity index (χ4v) is 4.60. The number of ether oxygens (including phenoxy) is 1. The van der Waals surface area contributed by atoms with Gasteiger partial charge >= 0.3 is 0 Å². The highest BCUT2D eigenvalue weighted by molar-refractivity contribution is 7.07. The molecule has 0 spiro atoms. The van der Waals surface area contributed by atoms with Gasteiger partial charge in [-0.3, -0.25) is 0 Å². The molecule has 5 aromatic rings. The average Bonchev–Trinajstić information content (AvgIpc) is 3.32. The van der Waals surface area contributed by atoms with Gasteiger partial charge in [0, 0.05) is 16.5 Å².